The summed E-state index contributed by atoms with van der Waals surface area (Å²) in [5.74, 6) is -0.972. The minimum atomic E-state index is -0.518. The van der Waals surface area contributed by atoms with Crippen LogP contribution in [0.4, 0.5) is 0 Å². The van der Waals surface area contributed by atoms with E-state index in [4.69, 9.17) is 0 Å². The van der Waals surface area contributed by atoms with Crippen LogP contribution in [0.1, 0.15) is 17.2 Å². The van der Waals surface area contributed by atoms with Gasteiger partial charge in [0.15, 0.2) is 0 Å². The number of benzene rings is 3. The number of amides is 2. The van der Waals surface area contributed by atoms with Crippen LogP contribution in [0.2, 0.25) is 0 Å². The van der Waals surface area contributed by atoms with Crippen molar-refractivity contribution in [2.24, 2.45) is 0 Å². The molecule has 0 radical (unpaired) electrons. The lowest BCUT2D eigenvalue weighted by atomic mass is 9.99. The summed E-state index contributed by atoms with van der Waals surface area (Å²) in [6.45, 7) is 0.962. The van der Waals surface area contributed by atoms with Gasteiger partial charge in [0.05, 0.1) is 6.04 Å². The van der Waals surface area contributed by atoms with Crippen LogP contribution in [0.3, 0.4) is 0 Å². The molecule has 0 bridgehead atoms. The predicted molar refractivity (Wildman–Crippen MR) is 102 cm³/mol. The molecule has 1 N–H and O–H groups in total. The molecule has 2 amide bonds. The summed E-state index contributed by atoms with van der Waals surface area (Å²) in [4.78, 5) is 26.1. The summed E-state index contributed by atoms with van der Waals surface area (Å²) >= 11 is 0. The summed E-state index contributed by atoms with van der Waals surface area (Å²) in [7, 11) is 0. The Morgan fingerprint density at radius 1 is 0.885 bits per heavy atom. The second-order valence-corrected chi connectivity index (χ2v) is 6.52. The molecule has 0 aromatic heterocycles. The normalized spacial score (nSPS) is 17.4. The topological polar surface area (TPSA) is 49.4 Å². The molecule has 3 aromatic rings. The van der Waals surface area contributed by atoms with E-state index in [2.05, 4.69) is 29.6 Å². The van der Waals surface area contributed by atoms with Crippen LogP contribution in [-0.2, 0) is 16.0 Å². The summed E-state index contributed by atoms with van der Waals surface area (Å²) in [5.41, 5.74) is 2.23. The van der Waals surface area contributed by atoms with Crippen LogP contribution in [-0.4, -0.2) is 29.8 Å². The number of hydrogen-bond donors (Lipinski definition) is 1. The summed E-state index contributed by atoms with van der Waals surface area (Å²) in [6.07, 6.45) is 0.712. The molecule has 1 heterocycles. The third-order valence-corrected chi connectivity index (χ3v) is 4.97. The Labute approximate surface area is 152 Å². The predicted octanol–water partition coefficient (Wildman–Crippen LogP) is 3.08. The van der Waals surface area contributed by atoms with Crippen molar-refractivity contribution in [3.05, 3.63) is 83.9 Å². The summed E-state index contributed by atoms with van der Waals surface area (Å²) in [5, 5.41) is 5.09. The van der Waals surface area contributed by atoms with Gasteiger partial charge in [-0.25, -0.2) is 0 Å². The molecule has 0 saturated carbocycles. The molecule has 4 rings (SSSR count). The smallest absolute Gasteiger partial charge is 0.312 e. The fourth-order valence-corrected chi connectivity index (χ4v) is 3.63. The highest BCUT2D eigenvalue weighted by Gasteiger charge is 2.34. The standard InChI is InChI=1S/C22H20N2O2/c25-21-22(26)24(20(15-23-21)18-8-2-1-3-9-18)14-13-17-11-6-10-16-7-4-5-12-19(16)17/h1-12,20H,13-15H2,(H,23,25). The quantitative estimate of drug-likeness (QED) is 0.740. The van der Waals surface area contributed by atoms with Gasteiger partial charge >= 0.3 is 11.8 Å². The monoisotopic (exact) mass is 344 g/mol. The van der Waals surface area contributed by atoms with Crippen molar-refractivity contribution < 1.29 is 9.59 Å². The molecule has 3 aromatic carbocycles. The number of fused-ring (bicyclic) bond motifs is 1. The average molecular weight is 344 g/mol. The van der Waals surface area contributed by atoms with Gasteiger partial charge in [0.1, 0.15) is 0 Å². The molecular weight excluding hydrogens is 324 g/mol. The van der Waals surface area contributed by atoms with Crippen molar-refractivity contribution in [3.63, 3.8) is 0 Å². The highest BCUT2D eigenvalue weighted by Crippen LogP contribution is 2.25. The first kappa shape index (κ1) is 16.3. The zero-order valence-electron chi connectivity index (χ0n) is 14.4. The molecule has 1 unspecified atom stereocenters. The van der Waals surface area contributed by atoms with Gasteiger partial charge in [-0.05, 0) is 28.3 Å². The van der Waals surface area contributed by atoms with E-state index < -0.39 is 11.8 Å². The largest absolute Gasteiger partial charge is 0.345 e. The molecule has 130 valence electrons. The Kier molecular flexibility index (Phi) is 4.40. The first-order chi connectivity index (χ1) is 12.7. The SMILES string of the molecule is O=C1NCC(c2ccccc2)N(CCc2cccc3ccccc23)C1=O. The maximum Gasteiger partial charge on any atom is 0.312 e. The summed E-state index contributed by atoms with van der Waals surface area (Å²) < 4.78 is 0. The third kappa shape index (κ3) is 3.06. The number of carbonyl (C=O) groups excluding carboxylic acids is 2. The molecule has 1 aliphatic rings. The third-order valence-electron chi connectivity index (χ3n) is 4.97. The second-order valence-electron chi connectivity index (χ2n) is 6.52. The zero-order valence-corrected chi connectivity index (χ0v) is 14.4. The van der Waals surface area contributed by atoms with Crippen molar-refractivity contribution in [2.45, 2.75) is 12.5 Å². The van der Waals surface area contributed by atoms with Crippen LogP contribution in [0.25, 0.3) is 10.8 Å². The number of carbonyl (C=O) groups is 2. The van der Waals surface area contributed by atoms with E-state index in [1.807, 2.05) is 48.5 Å². The van der Waals surface area contributed by atoms with Crippen LogP contribution in [0, 0.1) is 0 Å². The highest BCUT2D eigenvalue weighted by atomic mass is 16.2. The van der Waals surface area contributed by atoms with Gasteiger partial charge in [0.25, 0.3) is 0 Å². The van der Waals surface area contributed by atoms with Crippen molar-refractivity contribution in [1.29, 1.82) is 0 Å². The molecule has 1 saturated heterocycles. The molecule has 1 fully saturated rings. The number of piperazine rings is 1. The molecule has 0 spiro atoms. The van der Waals surface area contributed by atoms with E-state index >= 15 is 0 Å². The Morgan fingerprint density at radius 3 is 2.46 bits per heavy atom. The number of nitrogens with zero attached hydrogens (tertiary/aromatic N) is 1. The minimum Gasteiger partial charge on any atom is -0.345 e. The van der Waals surface area contributed by atoms with E-state index in [-0.39, 0.29) is 6.04 Å². The van der Waals surface area contributed by atoms with E-state index in [0.29, 0.717) is 19.5 Å². The Hall–Kier alpha value is -3.14. The van der Waals surface area contributed by atoms with Gasteiger partial charge in [0.2, 0.25) is 0 Å². The summed E-state index contributed by atoms with van der Waals surface area (Å²) in [6, 6.07) is 24.2. The molecule has 26 heavy (non-hydrogen) atoms. The number of hydrogen-bond acceptors (Lipinski definition) is 2. The molecule has 0 aliphatic carbocycles. The maximum atomic E-state index is 12.5. The van der Waals surface area contributed by atoms with Crippen LogP contribution in [0.5, 0.6) is 0 Å². The minimum absolute atomic E-state index is 0.128. The zero-order chi connectivity index (χ0) is 17.9. The fourth-order valence-electron chi connectivity index (χ4n) is 3.63. The first-order valence-electron chi connectivity index (χ1n) is 8.84. The van der Waals surface area contributed by atoms with E-state index in [9.17, 15) is 9.59 Å². The lowest BCUT2D eigenvalue weighted by molar-refractivity contribution is -0.150. The molecular formula is C22H20N2O2. The lowest BCUT2D eigenvalue weighted by Crippen LogP contribution is -2.54. The van der Waals surface area contributed by atoms with Gasteiger partial charge in [-0.3, -0.25) is 9.59 Å². The van der Waals surface area contributed by atoms with E-state index in [1.165, 1.54) is 16.3 Å². The average Bonchev–Trinajstić information content (AvgIpc) is 2.70. The van der Waals surface area contributed by atoms with Crippen molar-refractivity contribution >= 4 is 22.6 Å². The van der Waals surface area contributed by atoms with Gasteiger partial charge < -0.3 is 10.2 Å². The van der Waals surface area contributed by atoms with Gasteiger partial charge in [-0.1, -0.05) is 72.8 Å². The number of nitrogens with one attached hydrogen (secondary N) is 1. The van der Waals surface area contributed by atoms with Gasteiger partial charge in [0, 0.05) is 13.1 Å². The van der Waals surface area contributed by atoms with Crippen molar-refractivity contribution in [1.82, 2.24) is 10.2 Å². The lowest BCUT2D eigenvalue weighted by Gasteiger charge is -2.35. The highest BCUT2D eigenvalue weighted by molar-refractivity contribution is 6.35. The number of rotatable bonds is 4. The maximum absolute atomic E-state index is 12.5. The Balaban J connectivity index is 1.61. The van der Waals surface area contributed by atoms with Crippen LogP contribution in [0.15, 0.2) is 72.8 Å². The Morgan fingerprint density at radius 2 is 1.62 bits per heavy atom. The Bertz CT molecular complexity index is 947. The second kappa shape index (κ2) is 7.00. The van der Waals surface area contributed by atoms with Gasteiger partial charge in [-0.2, -0.15) is 0 Å². The van der Waals surface area contributed by atoms with Gasteiger partial charge in [-0.15, -0.1) is 0 Å². The first-order valence-corrected chi connectivity index (χ1v) is 8.84. The van der Waals surface area contributed by atoms with Crippen LogP contribution >= 0.6 is 0 Å². The van der Waals surface area contributed by atoms with Crippen LogP contribution < -0.4 is 5.32 Å². The van der Waals surface area contributed by atoms with E-state index in [0.717, 1.165) is 5.56 Å². The van der Waals surface area contributed by atoms with E-state index in [1.54, 1.807) is 4.90 Å². The molecule has 4 heteroatoms. The molecule has 4 nitrogen and oxygen atoms in total. The fraction of sp³-hybridized carbons (Fsp3) is 0.182. The molecule has 1 atom stereocenters. The molecule has 1 aliphatic heterocycles. The van der Waals surface area contributed by atoms with Crippen molar-refractivity contribution in [2.75, 3.05) is 13.1 Å². The van der Waals surface area contributed by atoms with Crippen molar-refractivity contribution in [3.8, 4) is 0 Å².